The van der Waals surface area contributed by atoms with Crippen LogP contribution in [-0.4, -0.2) is 16.0 Å². The van der Waals surface area contributed by atoms with Gasteiger partial charge in [-0.25, -0.2) is 4.79 Å². The third kappa shape index (κ3) is 3.83. The summed E-state index contributed by atoms with van der Waals surface area (Å²) in [6.45, 7) is 0.449. The maximum Gasteiger partial charge on any atom is 0.315 e. The van der Waals surface area contributed by atoms with Crippen LogP contribution in [0.15, 0.2) is 41.6 Å². The fourth-order valence-electron chi connectivity index (χ4n) is 1.56. The molecule has 6 nitrogen and oxygen atoms in total. The highest BCUT2D eigenvalue weighted by molar-refractivity contribution is 6.31. The van der Waals surface area contributed by atoms with Crippen molar-refractivity contribution in [2.45, 2.75) is 13.1 Å². The van der Waals surface area contributed by atoms with Crippen LogP contribution in [0.5, 0.6) is 0 Å². The van der Waals surface area contributed by atoms with Gasteiger partial charge in [0.25, 0.3) is 5.56 Å². The van der Waals surface area contributed by atoms with Crippen LogP contribution in [0, 0.1) is 0 Å². The van der Waals surface area contributed by atoms with Crippen molar-refractivity contribution in [2.24, 2.45) is 0 Å². The number of hydrogen-bond acceptors (Lipinski definition) is 3. The Morgan fingerprint density at radius 1 is 1.25 bits per heavy atom. The summed E-state index contributed by atoms with van der Waals surface area (Å²) in [6.07, 6.45) is 4.65. The lowest BCUT2D eigenvalue weighted by Crippen LogP contribution is -2.35. The molecular weight excluding hydrogens is 280 g/mol. The van der Waals surface area contributed by atoms with E-state index in [1.165, 1.54) is 12.4 Å². The van der Waals surface area contributed by atoms with Gasteiger partial charge < -0.3 is 15.6 Å². The Kier molecular flexibility index (Phi) is 4.73. The molecule has 2 amide bonds. The van der Waals surface area contributed by atoms with E-state index in [1.807, 2.05) is 0 Å². The van der Waals surface area contributed by atoms with E-state index in [4.69, 9.17) is 11.6 Å². The van der Waals surface area contributed by atoms with Crippen molar-refractivity contribution in [3.8, 4) is 0 Å². The number of aromatic nitrogens is 2. The Morgan fingerprint density at radius 3 is 2.70 bits per heavy atom. The number of rotatable bonds is 4. The molecule has 0 aliphatic carbocycles. The molecule has 104 valence electrons. The van der Waals surface area contributed by atoms with Crippen molar-refractivity contribution in [3.63, 3.8) is 0 Å². The molecule has 0 fully saturated rings. The van der Waals surface area contributed by atoms with Gasteiger partial charge in [0.2, 0.25) is 0 Å². The number of H-pyrrole nitrogens is 1. The molecule has 0 spiro atoms. The van der Waals surface area contributed by atoms with Crippen molar-refractivity contribution < 1.29 is 4.79 Å². The Hall–Kier alpha value is -2.34. The van der Waals surface area contributed by atoms with Gasteiger partial charge in [0, 0.05) is 37.2 Å². The molecule has 0 unspecified atom stereocenters. The van der Waals surface area contributed by atoms with Gasteiger partial charge in [0.1, 0.15) is 0 Å². The monoisotopic (exact) mass is 292 g/mol. The first-order valence-electron chi connectivity index (χ1n) is 5.93. The summed E-state index contributed by atoms with van der Waals surface area (Å²) in [5, 5.41) is 5.75. The highest BCUT2D eigenvalue weighted by Crippen LogP contribution is 2.12. The summed E-state index contributed by atoms with van der Waals surface area (Å²) in [5.74, 6) is 0. The van der Waals surface area contributed by atoms with E-state index < -0.39 is 0 Å². The number of amides is 2. The van der Waals surface area contributed by atoms with Gasteiger partial charge in [-0.1, -0.05) is 17.7 Å². The molecule has 20 heavy (non-hydrogen) atoms. The standard InChI is InChI=1S/C13H13ClN4O2/c14-11-8-15-5-3-9(11)6-17-13(20)18-7-10-2-1-4-16-12(10)19/h1-5,8H,6-7H2,(H,16,19)(H2,17,18,20). The van der Waals surface area contributed by atoms with Crippen LogP contribution in [0.2, 0.25) is 5.02 Å². The number of pyridine rings is 2. The van der Waals surface area contributed by atoms with E-state index in [2.05, 4.69) is 20.6 Å². The number of halogens is 1. The van der Waals surface area contributed by atoms with E-state index >= 15 is 0 Å². The van der Waals surface area contributed by atoms with Gasteiger partial charge in [-0.05, 0) is 17.7 Å². The molecule has 0 atom stereocenters. The average Bonchev–Trinajstić information content (AvgIpc) is 2.45. The van der Waals surface area contributed by atoms with Crippen LogP contribution >= 0.6 is 11.6 Å². The minimum Gasteiger partial charge on any atom is -0.334 e. The Morgan fingerprint density at radius 2 is 2.00 bits per heavy atom. The molecule has 0 aromatic carbocycles. The van der Waals surface area contributed by atoms with Gasteiger partial charge in [-0.2, -0.15) is 0 Å². The fourth-order valence-corrected chi connectivity index (χ4v) is 1.74. The first-order chi connectivity index (χ1) is 9.66. The number of carbonyl (C=O) groups is 1. The van der Waals surface area contributed by atoms with Crippen LogP contribution in [-0.2, 0) is 13.1 Å². The highest BCUT2D eigenvalue weighted by atomic mass is 35.5. The van der Waals surface area contributed by atoms with Crippen molar-refractivity contribution in [1.82, 2.24) is 20.6 Å². The van der Waals surface area contributed by atoms with E-state index in [9.17, 15) is 9.59 Å². The average molecular weight is 293 g/mol. The number of carbonyl (C=O) groups excluding carboxylic acids is 1. The van der Waals surface area contributed by atoms with Crippen molar-refractivity contribution >= 4 is 17.6 Å². The molecule has 0 radical (unpaired) electrons. The molecular formula is C13H13ClN4O2. The van der Waals surface area contributed by atoms with Gasteiger partial charge in [-0.3, -0.25) is 9.78 Å². The van der Waals surface area contributed by atoms with Crippen molar-refractivity contribution in [1.29, 1.82) is 0 Å². The lowest BCUT2D eigenvalue weighted by atomic mass is 10.2. The van der Waals surface area contributed by atoms with Gasteiger partial charge in [0.05, 0.1) is 5.02 Å². The quantitative estimate of drug-likeness (QED) is 0.796. The van der Waals surface area contributed by atoms with Gasteiger partial charge in [-0.15, -0.1) is 0 Å². The van der Waals surface area contributed by atoms with E-state index in [-0.39, 0.29) is 18.1 Å². The highest BCUT2D eigenvalue weighted by Gasteiger charge is 2.04. The first-order valence-corrected chi connectivity index (χ1v) is 6.31. The minimum atomic E-state index is -0.374. The largest absolute Gasteiger partial charge is 0.334 e. The molecule has 2 rings (SSSR count). The molecule has 0 saturated carbocycles. The predicted molar refractivity (Wildman–Crippen MR) is 75.4 cm³/mol. The molecule has 0 saturated heterocycles. The summed E-state index contributed by atoms with van der Waals surface area (Å²) in [7, 11) is 0. The molecule has 0 bridgehead atoms. The normalized spacial score (nSPS) is 10.1. The third-order valence-corrected chi connectivity index (χ3v) is 2.98. The first kappa shape index (κ1) is 14.1. The SMILES string of the molecule is O=C(NCc1ccncc1Cl)NCc1ccc[nH]c1=O. The lowest BCUT2D eigenvalue weighted by molar-refractivity contribution is 0.240. The van der Waals surface area contributed by atoms with Crippen molar-refractivity contribution in [3.05, 3.63) is 63.3 Å². The molecule has 0 aliphatic heterocycles. The molecule has 3 N–H and O–H groups in total. The summed E-state index contributed by atoms with van der Waals surface area (Å²) in [6, 6.07) is 4.71. The smallest absolute Gasteiger partial charge is 0.315 e. The number of urea groups is 1. The molecule has 0 aliphatic rings. The number of hydrogen-bond donors (Lipinski definition) is 3. The molecule has 7 heteroatoms. The second-order valence-electron chi connectivity index (χ2n) is 4.03. The van der Waals surface area contributed by atoms with Gasteiger partial charge in [0.15, 0.2) is 0 Å². The van der Waals surface area contributed by atoms with Gasteiger partial charge >= 0.3 is 6.03 Å². The minimum absolute atomic E-state index is 0.159. The van der Waals surface area contributed by atoms with Crippen LogP contribution in [0.3, 0.4) is 0 Å². The zero-order valence-corrected chi connectivity index (χ0v) is 11.3. The number of aromatic amines is 1. The fraction of sp³-hybridized carbons (Fsp3) is 0.154. The summed E-state index contributed by atoms with van der Waals surface area (Å²) in [5.41, 5.74) is 1.05. The van der Waals surface area contributed by atoms with Crippen LogP contribution < -0.4 is 16.2 Å². The van der Waals surface area contributed by atoms with E-state index in [0.29, 0.717) is 17.1 Å². The maximum absolute atomic E-state index is 11.6. The van der Waals surface area contributed by atoms with E-state index in [1.54, 1.807) is 24.4 Å². The van der Waals surface area contributed by atoms with Crippen LogP contribution in [0.1, 0.15) is 11.1 Å². The zero-order chi connectivity index (χ0) is 14.4. The molecule has 2 heterocycles. The van der Waals surface area contributed by atoms with Crippen LogP contribution in [0.4, 0.5) is 4.79 Å². The second-order valence-corrected chi connectivity index (χ2v) is 4.43. The summed E-state index contributed by atoms with van der Waals surface area (Å²) >= 11 is 5.92. The Bertz CT molecular complexity index is 657. The van der Waals surface area contributed by atoms with E-state index in [0.717, 1.165) is 5.56 Å². The Labute approximate surface area is 120 Å². The van der Waals surface area contributed by atoms with Crippen LogP contribution in [0.25, 0.3) is 0 Å². The maximum atomic E-state index is 11.6. The lowest BCUT2D eigenvalue weighted by Gasteiger charge is -2.08. The molecule has 2 aromatic rings. The molecule has 2 aromatic heterocycles. The summed E-state index contributed by atoms with van der Waals surface area (Å²) in [4.78, 5) is 29.4. The predicted octanol–water partition coefficient (Wildman–Crippen LogP) is 1.42. The number of nitrogens with one attached hydrogen (secondary N) is 3. The Balaban J connectivity index is 1.83. The van der Waals surface area contributed by atoms with Crippen molar-refractivity contribution in [2.75, 3.05) is 0 Å². The second kappa shape index (κ2) is 6.72. The zero-order valence-electron chi connectivity index (χ0n) is 10.5. The third-order valence-electron chi connectivity index (χ3n) is 2.63. The number of nitrogens with zero attached hydrogens (tertiary/aromatic N) is 1. The summed E-state index contributed by atoms with van der Waals surface area (Å²) < 4.78 is 0. The topological polar surface area (TPSA) is 86.9 Å².